The zero-order chi connectivity index (χ0) is 10.2. The molecule has 0 spiro atoms. The van der Waals surface area contributed by atoms with Crippen LogP contribution in [0.25, 0.3) is 0 Å². The molecule has 13 heavy (non-hydrogen) atoms. The maximum atomic E-state index is 11.9. The van der Waals surface area contributed by atoms with Crippen molar-refractivity contribution in [1.82, 2.24) is 4.90 Å². The van der Waals surface area contributed by atoms with Gasteiger partial charge in [0.1, 0.15) is 0 Å². The number of halogens is 3. The van der Waals surface area contributed by atoms with E-state index in [4.69, 9.17) is 5.73 Å². The summed E-state index contributed by atoms with van der Waals surface area (Å²) in [5, 5.41) is 0. The maximum Gasteiger partial charge on any atom is 0.471 e. The van der Waals surface area contributed by atoms with Gasteiger partial charge in [-0.2, -0.15) is 13.2 Å². The zero-order valence-electron chi connectivity index (χ0n) is 7.14. The van der Waals surface area contributed by atoms with E-state index in [1.165, 1.54) is 0 Å². The Morgan fingerprint density at radius 3 is 2.31 bits per heavy atom. The minimum Gasteiger partial charge on any atom is -0.333 e. The highest BCUT2D eigenvalue weighted by molar-refractivity contribution is 5.82. The number of carbonyl (C=O) groups is 1. The molecular formula is C7H11F3N2O. The van der Waals surface area contributed by atoms with Gasteiger partial charge in [-0.25, -0.2) is 0 Å². The minimum absolute atomic E-state index is 0.000486. The second kappa shape index (κ2) is 3.17. The van der Waals surface area contributed by atoms with Gasteiger partial charge in [-0.3, -0.25) is 4.79 Å². The second-order valence-corrected chi connectivity index (χ2v) is 3.35. The number of nitrogens with two attached hydrogens (primary N) is 1. The molecule has 1 aliphatic rings. The molecule has 0 saturated carbocycles. The van der Waals surface area contributed by atoms with Crippen molar-refractivity contribution in [2.75, 3.05) is 13.1 Å². The summed E-state index contributed by atoms with van der Waals surface area (Å²) in [6.07, 6.45) is -4.77. The van der Waals surface area contributed by atoms with Gasteiger partial charge in [0.05, 0.1) is 0 Å². The SMILES string of the molecule is CC1CN(C(=O)C(F)(F)F)CC1N. The van der Waals surface area contributed by atoms with E-state index in [1.54, 1.807) is 6.92 Å². The average molecular weight is 196 g/mol. The van der Waals surface area contributed by atoms with E-state index in [1.807, 2.05) is 0 Å². The Balaban J connectivity index is 2.61. The highest BCUT2D eigenvalue weighted by Crippen LogP contribution is 2.23. The smallest absolute Gasteiger partial charge is 0.333 e. The van der Waals surface area contributed by atoms with Gasteiger partial charge in [0.25, 0.3) is 0 Å². The van der Waals surface area contributed by atoms with Crippen molar-refractivity contribution in [3.8, 4) is 0 Å². The van der Waals surface area contributed by atoms with Crippen molar-refractivity contribution in [2.24, 2.45) is 11.7 Å². The first-order valence-corrected chi connectivity index (χ1v) is 3.94. The lowest BCUT2D eigenvalue weighted by Crippen LogP contribution is -2.40. The monoisotopic (exact) mass is 196 g/mol. The number of hydrogen-bond donors (Lipinski definition) is 1. The van der Waals surface area contributed by atoms with E-state index >= 15 is 0 Å². The van der Waals surface area contributed by atoms with Gasteiger partial charge in [0.15, 0.2) is 0 Å². The standard InChI is InChI=1S/C7H11F3N2O/c1-4-2-12(3-5(4)11)6(13)7(8,9)10/h4-5H,2-3,11H2,1H3. The van der Waals surface area contributed by atoms with Crippen molar-refractivity contribution in [1.29, 1.82) is 0 Å². The Hall–Kier alpha value is -0.780. The predicted octanol–water partition coefficient (Wildman–Crippen LogP) is 0.354. The largest absolute Gasteiger partial charge is 0.471 e. The van der Waals surface area contributed by atoms with Crippen molar-refractivity contribution in [3.05, 3.63) is 0 Å². The molecule has 2 atom stereocenters. The fourth-order valence-corrected chi connectivity index (χ4v) is 1.34. The molecule has 76 valence electrons. The molecule has 0 aliphatic carbocycles. The Bertz CT molecular complexity index is 206. The number of rotatable bonds is 0. The molecule has 2 N–H and O–H groups in total. The van der Waals surface area contributed by atoms with Gasteiger partial charge in [0, 0.05) is 19.1 Å². The normalized spacial score (nSPS) is 29.5. The Kier molecular flexibility index (Phi) is 2.51. The lowest BCUT2D eigenvalue weighted by atomic mass is 10.1. The van der Waals surface area contributed by atoms with Crippen LogP contribution < -0.4 is 5.73 Å². The molecule has 0 aromatic rings. The van der Waals surface area contributed by atoms with E-state index in [9.17, 15) is 18.0 Å². The van der Waals surface area contributed by atoms with Crippen LogP contribution in [-0.2, 0) is 4.79 Å². The molecule has 2 unspecified atom stereocenters. The molecule has 0 bridgehead atoms. The van der Waals surface area contributed by atoms with Crippen LogP contribution >= 0.6 is 0 Å². The van der Waals surface area contributed by atoms with E-state index in [0.29, 0.717) is 0 Å². The number of alkyl halides is 3. The number of carbonyl (C=O) groups excluding carboxylic acids is 1. The average Bonchev–Trinajstić information content (AvgIpc) is 2.29. The number of nitrogens with zero attached hydrogens (tertiary/aromatic N) is 1. The van der Waals surface area contributed by atoms with E-state index < -0.39 is 12.1 Å². The zero-order valence-corrected chi connectivity index (χ0v) is 7.14. The summed E-state index contributed by atoms with van der Waals surface area (Å²) in [7, 11) is 0. The molecule has 3 nitrogen and oxygen atoms in total. The van der Waals surface area contributed by atoms with Crippen LogP contribution in [0.5, 0.6) is 0 Å². The van der Waals surface area contributed by atoms with Gasteiger partial charge in [0.2, 0.25) is 0 Å². The van der Waals surface area contributed by atoms with E-state index in [2.05, 4.69) is 0 Å². The molecule has 6 heteroatoms. The van der Waals surface area contributed by atoms with Crippen LogP contribution in [0.4, 0.5) is 13.2 Å². The van der Waals surface area contributed by atoms with Crippen LogP contribution in [0, 0.1) is 5.92 Å². The molecular weight excluding hydrogens is 185 g/mol. The minimum atomic E-state index is -4.77. The van der Waals surface area contributed by atoms with Gasteiger partial charge in [-0.1, -0.05) is 6.92 Å². The molecule has 0 aromatic heterocycles. The molecule has 1 amide bonds. The first-order valence-electron chi connectivity index (χ1n) is 3.94. The van der Waals surface area contributed by atoms with Crippen LogP contribution in [-0.4, -0.2) is 36.1 Å². The van der Waals surface area contributed by atoms with Gasteiger partial charge >= 0.3 is 12.1 Å². The molecule has 0 radical (unpaired) electrons. The summed E-state index contributed by atoms with van der Waals surface area (Å²) < 4.78 is 35.8. The number of hydrogen-bond acceptors (Lipinski definition) is 2. The summed E-state index contributed by atoms with van der Waals surface area (Å²) in [6, 6.07) is -0.341. The van der Waals surface area contributed by atoms with Crippen molar-refractivity contribution in [2.45, 2.75) is 19.1 Å². The summed E-state index contributed by atoms with van der Waals surface area (Å²) in [4.78, 5) is 11.5. The summed E-state index contributed by atoms with van der Waals surface area (Å²) >= 11 is 0. The van der Waals surface area contributed by atoms with E-state index in [0.717, 1.165) is 4.90 Å². The predicted molar refractivity (Wildman–Crippen MR) is 39.8 cm³/mol. The molecule has 1 saturated heterocycles. The third kappa shape index (κ3) is 2.12. The molecule has 1 fully saturated rings. The lowest BCUT2D eigenvalue weighted by Gasteiger charge is -2.17. The highest BCUT2D eigenvalue weighted by atomic mass is 19.4. The van der Waals surface area contributed by atoms with E-state index in [-0.39, 0.29) is 25.0 Å². The van der Waals surface area contributed by atoms with Gasteiger partial charge in [-0.05, 0) is 5.92 Å². The Labute approximate surface area is 73.7 Å². The topological polar surface area (TPSA) is 46.3 Å². The van der Waals surface area contributed by atoms with Gasteiger partial charge in [-0.15, -0.1) is 0 Å². The van der Waals surface area contributed by atoms with Crippen LogP contribution in [0.15, 0.2) is 0 Å². The second-order valence-electron chi connectivity index (χ2n) is 3.35. The van der Waals surface area contributed by atoms with Crippen LogP contribution in [0.3, 0.4) is 0 Å². The fraction of sp³-hybridized carbons (Fsp3) is 0.857. The third-order valence-electron chi connectivity index (χ3n) is 2.20. The lowest BCUT2D eigenvalue weighted by molar-refractivity contribution is -0.184. The molecule has 0 aromatic carbocycles. The maximum absolute atomic E-state index is 11.9. The van der Waals surface area contributed by atoms with Crippen molar-refractivity contribution < 1.29 is 18.0 Å². The number of amides is 1. The molecule has 1 aliphatic heterocycles. The molecule has 1 heterocycles. The third-order valence-corrected chi connectivity index (χ3v) is 2.20. The van der Waals surface area contributed by atoms with Crippen LogP contribution in [0.1, 0.15) is 6.92 Å². The molecule has 1 rings (SSSR count). The number of likely N-dealkylation sites (tertiary alicyclic amines) is 1. The van der Waals surface area contributed by atoms with Crippen LogP contribution in [0.2, 0.25) is 0 Å². The van der Waals surface area contributed by atoms with Crippen molar-refractivity contribution in [3.63, 3.8) is 0 Å². The summed E-state index contributed by atoms with van der Waals surface area (Å²) in [5.74, 6) is -1.85. The first kappa shape index (κ1) is 10.3. The first-order chi connectivity index (χ1) is 5.82. The van der Waals surface area contributed by atoms with Gasteiger partial charge < -0.3 is 10.6 Å². The fourth-order valence-electron chi connectivity index (χ4n) is 1.34. The Morgan fingerprint density at radius 1 is 1.46 bits per heavy atom. The Morgan fingerprint density at radius 2 is 2.00 bits per heavy atom. The quantitative estimate of drug-likeness (QED) is 0.607. The highest BCUT2D eigenvalue weighted by Gasteiger charge is 2.45. The van der Waals surface area contributed by atoms with Crippen molar-refractivity contribution >= 4 is 5.91 Å². The summed E-state index contributed by atoms with van der Waals surface area (Å²) in [6.45, 7) is 1.83. The summed E-state index contributed by atoms with van der Waals surface area (Å²) in [5.41, 5.74) is 5.49.